The number of allylic oxidation sites excluding steroid dienone is 2. The molecule has 0 bridgehead atoms. The fourth-order valence-corrected chi connectivity index (χ4v) is 0.759. The van der Waals surface area contributed by atoms with Crippen molar-refractivity contribution in [2.45, 2.75) is 13.8 Å². The van der Waals surface area contributed by atoms with Crippen molar-refractivity contribution in [1.82, 2.24) is 0 Å². The molecule has 0 saturated carbocycles. The fraction of sp³-hybridized carbons (Fsp3) is 0.250. The highest BCUT2D eigenvalue weighted by Crippen LogP contribution is 2.12. The molecule has 3 heteroatoms. The molecule has 58 valence electrons. The first-order chi connectivity index (χ1) is 5.15. The van der Waals surface area contributed by atoms with Crippen LogP contribution in [-0.4, -0.2) is 11.8 Å². The second-order valence-electron chi connectivity index (χ2n) is 2.23. The molecule has 0 saturated heterocycles. The minimum Gasteiger partial charge on any atom is -0.419 e. The molecule has 0 atom stereocenters. The quantitative estimate of drug-likeness (QED) is 0.383. The lowest BCUT2D eigenvalue weighted by molar-refractivity contribution is -0.139. The van der Waals surface area contributed by atoms with Crippen LogP contribution < -0.4 is 0 Å². The first-order valence-electron chi connectivity index (χ1n) is 3.26. The van der Waals surface area contributed by atoms with Crippen LogP contribution in [0.5, 0.6) is 0 Å². The molecule has 0 unspecified atom stereocenters. The zero-order valence-electron chi connectivity index (χ0n) is 6.38. The standard InChI is InChI=1S/C8H8O3/c1-3-7-6(9)4-5(2)8(10)11-7/h3-4H,1-2H3/b7-3-. The number of carbonyl (C=O) groups is 2. The van der Waals surface area contributed by atoms with Gasteiger partial charge in [0, 0.05) is 5.57 Å². The van der Waals surface area contributed by atoms with E-state index < -0.39 is 5.97 Å². The van der Waals surface area contributed by atoms with E-state index >= 15 is 0 Å². The van der Waals surface area contributed by atoms with Gasteiger partial charge in [-0.3, -0.25) is 4.79 Å². The monoisotopic (exact) mass is 152 g/mol. The molecular weight excluding hydrogens is 144 g/mol. The van der Waals surface area contributed by atoms with Gasteiger partial charge >= 0.3 is 5.97 Å². The van der Waals surface area contributed by atoms with Crippen LogP contribution in [0.2, 0.25) is 0 Å². The van der Waals surface area contributed by atoms with Crippen molar-refractivity contribution in [2.75, 3.05) is 0 Å². The molecule has 0 aromatic heterocycles. The Bertz CT molecular complexity index is 271. The molecule has 0 aromatic rings. The summed E-state index contributed by atoms with van der Waals surface area (Å²) in [6.45, 7) is 3.20. The van der Waals surface area contributed by atoms with Crippen LogP contribution in [0.4, 0.5) is 0 Å². The third-order valence-electron chi connectivity index (χ3n) is 1.38. The number of cyclic esters (lactones) is 1. The lowest BCUT2D eigenvalue weighted by Gasteiger charge is -2.10. The SMILES string of the molecule is C/C=C1\OC(=O)C(C)=CC1=O. The molecule has 0 aromatic carbocycles. The van der Waals surface area contributed by atoms with Gasteiger partial charge in [0.25, 0.3) is 0 Å². The smallest absolute Gasteiger partial charge is 0.339 e. The van der Waals surface area contributed by atoms with Gasteiger partial charge in [-0.25, -0.2) is 4.79 Å². The van der Waals surface area contributed by atoms with Crippen LogP contribution in [0.25, 0.3) is 0 Å². The summed E-state index contributed by atoms with van der Waals surface area (Å²) in [6, 6.07) is 0. The number of esters is 1. The van der Waals surface area contributed by atoms with E-state index in [1.165, 1.54) is 12.2 Å². The Morgan fingerprint density at radius 1 is 1.45 bits per heavy atom. The summed E-state index contributed by atoms with van der Waals surface area (Å²) in [4.78, 5) is 21.8. The molecule has 1 aliphatic rings. The zero-order valence-corrected chi connectivity index (χ0v) is 6.38. The molecular formula is C8H8O3. The Morgan fingerprint density at radius 3 is 2.64 bits per heavy atom. The Hall–Kier alpha value is -1.38. The van der Waals surface area contributed by atoms with E-state index in [1.54, 1.807) is 13.8 Å². The minimum atomic E-state index is -0.447. The van der Waals surface area contributed by atoms with E-state index in [2.05, 4.69) is 4.74 Å². The van der Waals surface area contributed by atoms with E-state index in [9.17, 15) is 9.59 Å². The van der Waals surface area contributed by atoms with E-state index in [-0.39, 0.29) is 11.5 Å². The normalized spacial score (nSPS) is 21.6. The first-order valence-corrected chi connectivity index (χ1v) is 3.26. The summed E-state index contributed by atoms with van der Waals surface area (Å²) >= 11 is 0. The van der Waals surface area contributed by atoms with Crippen molar-refractivity contribution in [3.05, 3.63) is 23.5 Å². The van der Waals surface area contributed by atoms with Crippen LogP contribution in [0.15, 0.2) is 23.5 Å². The number of hydrogen-bond donors (Lipinski definition) is 0. The first kappa shape index (κ1) is 7.72. The van der Waals surface area contributed by atoms with Gasteiger partial charge in [-0.05, 0) is 26.0 Å². The third kappa shape index (κ3) is 1.37. The molecule has 1 heterocycles. The van der Waals surface area contributed by atoms with Crippen LogP contribution in [0.1, 0.15) is 13.8 Å². The van der Waals surface area contributed by atoms with Crippen molar-refractivity contribution in [3.8, 4) is 0 Å². The van der Waals surface area contributed by atoms with Gasteiger partial charge in [-0.1, -0.05) is 0 Å². The van der Waals surface area contributed by atoms with E-state index in [4.69, 9.17) is 0 Å². The number of hydrogen-bond acceptors (Lipinski definition) is 3. The van der Waals surface area contributed by atoms with Gasteiger partial charge < -0.3 is 4.74 Å². The summed E-state index contributed by atoms with van der Waals surface area (Å²) < 4.78 is 4.66. The van der Waals surface area contributed by atoms with E-state index in [0.717, 1.165) is 0 Å². The van der Waals surface area contributed by atoms with Crippen LogP contribution in [-0.2, 0) is 14.3 Å². The van der Waals surface area contributed by atoms with Crippen molar-refractivity contribution < 1.29 is 14.3 Å². The lowest BCUT2D eigenvalue weighted by Crippen LogP contribution is -2.17. The predicted molar refractivity (Wildman–Crippen MR) is 38.6 cm³/mol. The van der Waals surface area contributed by atoms with Crippen molar-refractivity contribution in [1.29, 1.82) is 0 Å². The highest BCUT2D eigenvalue weighted by Gasteiger charge is 2.20. The molecule has 0 radical (unpaired) electrons. The number of rotatable bonds is 0. The summed E-state index contributed by atoms with van der Waals surface area (Å²) in [5.74, 6) is -0.581. The molecule has 0 N–H and O–H groups in total. The molecule has 11 heavy (non-hydrogen) atoms. The maximum absolute atomic E-state index is 11.0. The maximum Gasteiger partial charge on any atom is 0.339 e. The molecule has 0 spiro atoms. The van der Waals surface area contributed by atoms with E-state index in [0.29, 0.717) is 5.57 Å². The molecule has 1 rings (SSSR count). The molecule has 0 amide bonds. The maximum atomic E-state index is 11.0. The summed E-state index contributed by atoms with van der Waals surface area (Å²) in [5.41, 5.74) is 0.348. The van der Waals surface area contributed by atoms with Crippen LogP contribution >= 0.6 is 0 Å². The molecule has 3 nitrogen and oxygen atoms in total. The number of ketones is 1. The molecule has 0 fully saturated rings. The second kappa shape index (κ2) is 2.70. The van der Waals surface area contributed by atoms with Gasteiger partial charge in [-0.15, -0.1) is 0 Å². The van der Waals surface area contributed by atoms with Crippen molar-refractivity contribution >= 4 is 11.8 Å². The van der Waals surface area contributed by atoms with Crippen molar-refractivity contribution in [2.24, 2.45) is 0 Å². The highest BCUT2D eigenvalue weighted by atomic mass is 16.5. The number of ether oxygens (including phenoxy) is 1. The second-order valence-corrected chi connectivity index (χ2v) is 2.23. The Labute approximate surface area is 64.3 Å². The molecule has 0 aliphatic carbocycles. The summed E-state index contributed by atoms with van der Waals surface area (Å²) in [7, 11) is 0. The molecule has 1 aliphatic heterocycles. The van der Waals surface area contributed by atoms with E-state index in [1.807, 2.05) is 0 Å². The van der Waals surface area contributed by atoms with Crippen molar-refractivity contribution in [3.63, 3.8) is 0 Å². The zero-order chi connectivity index (χ0) is 8.43. The summed E-state index contributed by atoms with van der Waals surface area (Å²) in [6.07, 6.45) is 2.75. The van der Waals surface area contributed by atoms with Gasteiger partial charge in [0.05, 0.1) is 0 Å². The summed E-state index contributed by atoms with van der Waals surface area (Å²) in [5, 5.41) is 0. The third-order valence-corrected chi connectivity index (χ3v) is 1.38. The Balaban J connectivity index is 3.02. The minimum absolute atomic E-state index is 0.112. The largest absolute Gasteiger partial charge is 0.419 e. The van der Waals surface area contributed by atoms with Gasteiger partial charge in [0.1, 0.15) is 0 Å². The average molecular weight is 152 g/mol. The van der Waals surface area contributed by atoms with Gasteiger partial charge in [0.2, 0.25) is 5.78 Å². The number of carbonyl (C=O) groups excluding carboxylic acids is 2. The Kier molecular flexibility index (Phi) is 1.89. The van der Waals surface area contributed by atoms with Gasteiger partial charge in [-0.2, -0.15) is 0 Å². The Morgan fingerprint density at radius 2 is 2.09 bits per heavy atom. The lowest BCUT2D eigenvalue weighted by atomic mass is 10.1. The predicted octanol–water partition coefficient (Wildman–Crippen LogP) is 0.962. The van der Waals surface area contributed by atoms with Crippen LogP contribution in [0.3, 0.4) is 0 Å². The highest BCUT2D eigenvalue weighted by molar-refractivity contribution is 6.11. The van der Waals surface area contributed by atoms with Crippen LogP contribution in [0, 0.1) is 0 Å². The average Bonchev–Trinajstić information content (AvgIpc) is 1.97. The topological polar surface area (TPSA) is 43.4 Å². The van der Waals surface area contributed by atoms with Gasteiger partial charge in [0.15, 0.2) is 5.76 Å². The fourth-order valence-electron chi connectivity index (χ4n) is 0.759.